The number of amides is 1. The summed E-state index contributed by atoms with van der Waals surface area (Å²) >= 11 is 0. The number of rotatable bonds is 5. The lowest BCUT2D eigenvalue weighted by Gasteiger charge is -2.21. The van der Waals surface area contributed by atoms with E-state index >= 15 is 0 Å². The van der Waals surface area contributed by atoms with Gasteiger partial charge in [-0.2, -0.15) is 0 Å². The van der Waals surface area contributed by atoms with Gasteiger partial charge in [0.2, 0.25) is 0 Å². The fraction of sp³-hybridized carbons (Fsp3) is 0.667. The number of hydrogen-bond donors (Lipinski definition) is 4. The smallest absolute Gasteiger partial charge is 0.407 e. The van der Waals surface area contributed by atoms with Gasteiger partial charge in [-0.1, -0.05) is 0 Å². The molecule has 1 rings (SSSR count). The summed E-state index contributed by atoms with van der Waals surface area (Å²) in [4.78, 5) is 27.7. The van der Waals surface area contributed by atoms with Crippen molar-refractivity contribution >= 4 is 11.9 Å². The van der Waals surface area contributed by atoms with Gasteiger partial charge in [0.15, 0.2) is 11.5 Å². The zero-order valence-electron chi connectivity index (χ0n) is 12.8. The summed E-state index contributed by atoms with van der Waals surface area (Å²) in [5.41, 5.74) is -0.993. The van der Waals surface area contributed by atoms with Gasteiger partial charge in [0.25, 0.3) is 0 Å². The van der Waals surface area contributed by atoms with Gasteiger partial charge in [0, 0.05) is 13.5 Å². The first-order chi connectivity index (χ1) is 10.0. The number of aromatic nitrogens is 2. The van der Waals surface area contributed by atoms with E-state index in [1.165, 1.54) is 6.92 Å². The molecule has 22 heavy (non-hydrogen) atoms. The third-order valence-electron chi connectivity index (χ3n) is 2.51. The number of carbonyl (C=O) groups excluding carboxylic acids is 1. The summed E-state index contributed by atoms with van der Waals surface area (Å²) in [6.45, 7) is 6.16. The van der Waals surface area contributed by atoms with E-state index in [0.717, 1.165) is 0 Å². The standard InChI is InChI=1S/C12H20N4O6/c1-6-14-8(10(15-6)16(20)21)9(18)7(17)5-13-11(19)22-12(2,3)4/h7,9,17-18H,5H2,1-4H3,(H,13,19)(H,14,15). The highest BCUT2D eigenvalue weighted by Gasteiger charge is 2.30. The highest BCUT2D eigenvalue weighted by Crippen LogP contribution is 2.24. The molecule has 1 aromatic heterocycles. The summed E-state index contributed by atoms with van der Waals surface area (Å²) < 4.78 is 4.97. The highest BCUT2D eigenvalue weighted by molar-refractivity contribution is 5.67. The van der Waals surface area contributed by atoms with Crippen LogP contribution in [0.1, 0.15) is 38.4 Å². The van der Waals surface area contributed by atoms with Crippen LogP contribution in [0.15, 0.2) is 0 Å². The number of aromatic amines is 1. The molecule has 0 spiro atoms. The lowest BCUT2D eigenvalue weighted by atomic mass is 10.1. The SMILES string of the molecule is Cc1nc(C(O)C(O)CNC(=O)OC(C)(C)C)c([N+](=O)[O-])[nH]1. The third kappa shape index (κ3) is 4.97. The second-order valence-corrected chi connectivity index (χ2v) is 5.71. The first-order valence-electron chi connectivity index (χ1n) is 6.55. The zero-order chi connectivity index (χ0) is 17.1. The van der Waals surface area contributed by atoms with Gasteiger partial charge in [-0.3, -0.25) is 0 Å². The van der Waals surface area contributed by atoms with Gasteiger partial charge in [-0.25, -0.2) is 14.8 Å². The molecule has 0 saturated heterocycles. The Morgan fingerprint density at radius 1 is 1.50 bits per heavy atom. The molecule has 0 radical (unpaired) electrons. The molecule has 1 aromatic rings. The van der Waals surface area contributed by atoms with Gasteiger partial charge < -0.3 is 30.4 Å². The van der Waals surface area contributed by atoms with Crippen molar-refractivity contribution < 1.29 is 24.7 Å². The summed E-state index contributed by atoms with van der Waals surface area (Å²) in [5.74, 6) is -0.269. The van der Waals surface area contributed by atoms with E-state index < -0.39 is 34.6 Å². The van der Waals surface area contributed by atoms with Crippen molar-refractivity contribution in [2.75, 3.05) is 6.54 Å². The van der Waals surface area contributed by atoms with Crippen LogP contribution in [0.4, 0.5) is 10.6 Å². The topological polar surface area (TPSA) is 151 Å². The Balaban J connectivity index is 2.68. The van der Waals surface area contributed by atoms with E-state index in [4.69, 9.17) is 4.74 Å². The Labute approximate surface area is 126 Å². The van der Waals surface area contributed by atoms with E-state index in [1.54, 1.807) is 20.8 Å². The van der Waals surface area contributed by atoms with Crippen molar-refractivity contribution in [3.05, 3.63) is 21.6 Å². The molecule has 4 N–H and O–H groups in total. The van der Waals surface area contributed by atoms with E-state index in [0.29, 0.717) is 0 Å². The quantitative estimate of drug-likeness (QED) is 0.457. The molecule has 1 heterocycles. The van der Waals surface area contributed by atoms with Gasteiger partial charge in [0.05, 0.1) is 0 Å². The molecular formula is C12H20N4O6. The minimum Gasteiger partial charge on any atom is -0.444 e. The first kappa shape index (κ1) is 17.9. The number of alkyl carbamates (subject to hydrolysis) is 1. The zero-order valence-corrected chi connectivity index (χ0v) is 12.8. The molecule has 0 aliphatic heterocycles. The highest BCUT2D eigenvalue weighted by atomic mass is 16.6. The number of aliphatic hydroxyl groups is 2. The molecule has 2 unspecified atom stereocenters. The largest absolute Gasteiger partial charge is 0.444 e. The predicted octanol–water partition coefficient (Wildman–Crippen LogP) is 0.545. The van der Waals surface area contributed by atoms with Crippen LogP contribution in [-0.2, 0) is 4.74 Å². The molecule has 124 valence electrons. The van der Waals surface area contributed by atoms with Gasteiger partial charge in [-0.15, -0.1) is 0 Å². The van der Waals surface area contributed by atoms with Crippen molar-refractivity contribution in [2.45, 2.75) is 45.5 Å². The second kappa shape index (κ2) is 6.71. The van der Waals surface area contributed by atoms with Crippen LogP contribution in [0, 0.1) is 17.0 Å². The molecule has 10 heteroatoms. The van der Waals surface area contributed by atoms with Gasteiger partial charge in [-0.05, 0) is 25.7 Å². The molecule has 2 atom stereocenters. The average molecular weight is 316 g/mol. The molecule has 0 fully saturated rings. The summed E-state index contributed by atoms with van der Waals surface area (Å²) in [6.07, 6.45) is -3.87. The molecule has 0 aromatic carbocycles. The lowest BCUT2D eigenvalue weighted by Crippen LogP contribution is -2.39. The minimum absolute atomic E-state index is 0.230. The minimum atomic E-state index is -1.62. The summed E-state index contributed by atoms with van der Waals surface area (Å²) in [7, 11) is 0. The Kier molecular flexibility index (Phi) is 5.44. The Bertz CT molecular complexity index is 550. The maximum atomic E-state index is 11.4. The summed E-state index contributed by atoms with van der Waals surface area (Å²) in [6, 6.07) is 0. The van der Waals surface area contributed by atoms with E-state index in [-0.39, 0.29) is 18.1 Å². The number of hydrogen-bond acceptors (Lipinski definition) is 7. The van der Waals surface area contributed by atoms with Crippen molar-refractivity contribution in [2.24, 2.45) is 0 Å². The second-order valence-electron chi connectivity index (χ2n) is 5.71. The van der Waals surface area contributed by atoms with Crippen LogP contribution < -0.4 is 5.32 Å². The molecule has 1 amide bonds. The Morgan fingerprint density at radius 2 is 2.09 bits per heavy atom. The fourth-order valence-electron chi connectivity index (χ4n) is 1.64. The molecule has 0 aliphatic carbocycles. The van der Waals surface area contributed by atoms with Crippen LogP contribution in [-0.4, -0.2) is 49.4 Å². The van der Waals surface area contributed by atoms with E-state index in [2.05, 4.69) is 15.3 Å². The van der Waals surface area contributed by atoms with Crippen LogP contribution in [0.3, 0.4) is 0 Å². The molecule has 10 nitrogen and oxygen atoms in total. The first-order valence-corrected chi connectivity index (χ1v) is 6.55. The number of nitrogens with one attached hydrogen (secondary N) is 2. The monoisotopic (exact) mass is 316 g/mol. The number of nitrogens with zero attached hydrogens (tertiary/aromatic N) is 2. The molecule has 0 aliphatic rings. The van der Waals surface area contributed by atoms with E-state index in [9.17, 15) is 25.1 Å². The number of imidazole rings is 1. The third-order valence-corrected chi connectivity index (χ3v) is 2.51. The average Bonchev–Trinajstić information content (AvgIpc) is 2.75. The number of H-pyrrole nitrogens is 1. The lowest BCUT2D eigenvalue weighted by molar-refractivity contribution is -0.390. The van der Waals surface area contributed by atoms with Crippen molar-refractivity contribution in [3.63, 3.8) is 0 Å². The fourth-order valence-corrected chi connectivity index (χ4v) is 1.64. The molecule has 0 saturated carbocycles. The van der Waals surface area contributed by atoms with Crippen molar-refractivity contribution in [1.29, 1.82) is 0 Å². The maximum absolute atomic E-state index is 11.4. The molecular weight excluding hydrogens is 296 g/mol. The number of aliphatic hydroxyl groups excluding tert-OH is 2. The number of nitro groups is 1. The Morgan fingerprint density at radius 3 is 2.59 bits per heavy atom. The van der Waals surface area contributed by atoms with Gasteiger partial charge in [0.1, 0.15) is 17.8 Å². The van der Waals surface area contributed by atoms with Crippen molar-refractivity contribution in [3.8, 4) is 0 Å². The number of ether oxygens (including phenoxy) is 1. The van der Waals surface area contributed by atoms with Crippen LogP contribution in [0.2, 0.25) is 0 Å². The number of aryl methyl sites for hydroxylation is 1. The van der Waals surface area contributed by atoms with Crippen LogP contribution in [0.5, 0.6) is 0 Å². The Hall–Kier alpha value is -2.20. The maximum Gasteiger partial charge on any atom is 0.407 e. The van der Waals surface area contributed by atoms with Crippen molar-refractivity contribution in [1.82, 2.24) is 15.3 Å². The van der Waals surface area contributed by atoms with E-state index in [1.807, 2.05) is 0 Å². The summed E-state index contributed by atoms with van der Waals surface area (Å²) in [5, 5.41) is 32.9. The van der Waals surface area contributed by atoms with Crippen LogP contribution in [0.25, 0.3) is 0 Å². The number of carbonyl (C=O) groups is 1. The normalized spacial score (nSPS) is 14.3. The van der Waals surface area contributed by atoms with Gasteiger partial charge >= 0.3 is 11.9 Å². The predicted molar refractivity (Wildman–Crippen MR) is 75.2 cm³/mol. The van der Waals surface area contributed by atoms with Crippen LogP contribution >= 0.6 is 0 Å². The molecule has 0 bridgehead atoms.